The van der Waals surface area contributed by atoms with Gasteiger partial charge < -0.3 is 9.47 Å². The Labute approximate surface area is 115 Å². The molecule has 0 radical (unpaired) electrons. The van der Waals surface area contributed by atoms with E-state index in [0.29, 0.717) is 11.5 Å². The smallest absolute Gasteiger partial charge is 0.0703 e. The monoisotopic (exact) mass is 306 g/mol. The molecule has 0 aromatic carbocycles. The lowest BCUT2D eigenvalue weighted by Gasteiger charge is -2.30. The highest BCUT2D eigenvalue weighted by Gasteiger charge is 2.29. The molecule has 0 spiro atoms. The molecular formula is C14H27BrO2. The van der Waals surface area contributed by atoms with Crippen molar-refractivity contribution in [2.45, 2.75) is 58.5 Å². The van der Waals surface area contributed by atoms with E-state index >= 15 is 0 Å². The molecule has 0 aromatic heterocycles. The Morgan fingerprint density at radius 3 is 2.24 bits per heavy atom. The Kier molecular flexibility index (Phi) is 7.72. The molecule has 17 heavy (non-hydrogen) atoms. The summed E-state index contributed by atoms with van der Waals surface area (Å²) in [5.74, 6) is 0. The average molecular weight is 307 g/mol. The zero-order chi connectivity index (χ0) is 12.6. The molecule has 3 heteroatoms. The molecule has 102 valence electrons. The first kappa shape index (κ1) is 15.5. The molecule has 1 fully saturated rings. The van der Waals surface area contributed by atoms with E-state index < -0.39 is 0 Å². The minimum atomic E-state index is 0.307. The standard InChI is InChI=1S/C14H27BrO2/c1-13(2)17-10-9-16-12-14(11-15)7-5-3-4-6-8-14/h13H,3-12H2,1-2H3. The maximum Gasteiger partial charge on any atom is 0.0703 e. The van der Waals surface area contributed by atoms with Crippen molar-refractivity contribution in [2.24, 2.45) is 5.41 Å². The fourth-order valence-corrected chi connectivity index (χ4v) is 3.15. The van der Waals surface area contributed by atoms with Crippen molar-refractivity contribution in [3.63, 3.8) is 0 Å². The van der Waals surface area contributed by atoms with Gasteiger partial charge in [0.25, 0.3) is 0 Å². The summed E-state index contributed by atoms with van der Waals surface area (Å²) >= 11 is 3.68. The second-order valence-corrected chi connectivity index (χ2v) is 6.08. The van der Waals surface area contributed by atoms with Gasteiger partial charge in [-0.15, -0.1) is 0 Å². The van der Waals surface area contributed by atoms with Gasteiger partial charge in [0.05, 0.1) is 25.9 Å². The van der Waals surface area contributed by atoms with Gasteiger partial charge in [-0.3, -0.25) is 0 Å². The van der Waals surface area contributed by atoms with Crippen molar-refractivity contribution in [3.05, 3.63) is 0 Å². The van der Waals surface area contributed by atoms with Crippen LogP contribution in [0.1, 0.15) is 52.4 Å². The van der Waals surface area contributed by atoms with Gasteiger partial charge >= 0.3 is 0 Å². The van der Waals surface area contributed by atoms with Gasteiger partial charge in [-0.2, -0.15) is 0 Å². The Bertz CT molecular complexity index is 187. The minimum Gasteiger partial charge on any atom is -0.378 e. The molecule has 1 saturated carbocycles. The SMILES string of the molecule is CC(C)OCCOCC1(CBr)CCCCCC1. The van der Waals surface area contributed by atoms with Crippen LogP contribution in [0.2, 0.25) is 0 Å². The summed E-state index contributed by atoms with van der Waals surface area (Å²) in [6.07, 6.45) is 8.43. The predicted octanol–water partition coefficient (Wildman–Crippen LogP) is 4.16. The van der Waals surface area contributed by atoms with Crippen molar-refractivity contribution < 1.29 is 9.47 Å². The summed E-state index contributed by atoms with van der Waals surface area (Å²) in [4.78, 5) is 0. The van der Waals surface area contributed by atoms with Crippen LogP contribution in [0.15, 0.2) is 0 Å². The maximum atomic E-state index is 5.82. The van der Waals surface area contributed by atoms with Crippen molar-refractivity contribution in [1.29, 1.82) is 0 Å². The molecule has 0 aromatic rings. The number of hydrogen-bond acceptors (Lipinski definition) is 2. The lowest BCUT2D eigenvalue weighted by Crippen LogP contribution is -2.29. The van der Waals surface area contributed by atoms with Crippen molar-refractivity contribution >= 4 is 15.9 Å². The fourth-order valence-electron chi connectivity index (χ4n) is 2.43. The molecule has 0 heterocycles. The Hall–Kier alpha value is 0.400. The highest BCUT2D eigenvalue weighted by molar-refractivity contribution is 9.09. The van der Waals surface area contributed by atoms with E-state index in [4.69, 9.17) is 9.47 Å². The molecule has 0 aliphatic heterocycles. The van der Waals surface area contributed by atoms with E-state index in [2.05, 4.69) is 29.8 Å². The van der Waals surface area contributed by atoms with Gasteiger partial charge in [0, 0.05) is 10.7 Å². The van der Waals surface area contributed by atoms with Gasteiger partial charge in [0.1, 0.15) is 0 Å². The first-order chi connectivity index (χ1) is 8.18. The fraction of sp³-hybridized carbons (Fsp3) is 1.00. The predicted molar refractivity (Wildman–Crippen MR) is 75.8 cm³/mol. The van der Waals surface area contributed by atoms with Gasteiger partial charge in [0.15, 0.2) is 0 Å². The van der Waals surface area contributed by atoms with E-state index in [9.17, 15) is 0 Å². The molecule has 1 rings (SSSR count). The normalized spacial score (nSPS) is 20.5. The molecular weight excluding hydrogens is 280 g/mol. The molecule has 2 nitrogen and oxygen atoms in total. The summed E-state index contributed by atoms with van der Waals surface area (Å²) in [5, 5.41) is 1.07. The Morgan fingerprint density at radius 1 is 1.06 bits per heavy atom. The molecule has 0 amide bonds. The molecule has 0 atom stereocenters. The summed E-state index contributed by atoms with van der Waals surface area (Å²) in [5.41, 5.74) is 0.383. The van der Waals surface area contributed by atoms with Gasteiger partial charge in [-0.25, -0.2) is 0 Å². The van der Waals surface area contributed by atoms with Gasteiger partial charge in [-0.1, -0.05) is 41.6 Å². The zero-order valence-corrected chi connectivity index (χ0v) is 12.9. The van der Waals surface area contributed by atoms with E-state index in [1.54, 1.807) is 0 Å². The lowest BCUT2D eigenvalue weighted by atomic mass is 9.83. The van der Waals surface area contributed by atoms with Crippen molar-refractivity contribution in [2.75, 3.05) is 25.2 Å². The van der Waals surface area contributed by atoms with Crippen LogP contribution in [-0.2, 0) is 9.47 Å². The first-order valence-corrected chi connectivity index (χ1v) is 8.06. The molecule has 0 saturated heterocycles. The summed E-state index contributed by atoms with van der Waals surface area (Å²) in [6, 6.07) is 0. The Morgan fingerprint density at radius 2 is 1.71 bits per heavy atom. The van der Waals surface area contributed by atoms with E-state index in [-0.39, 0.29) is 0 Å². The quantitative estimate of drug-likeness (QED) is 0.399. The van der Waals surface area contributed by atoms with Crippen LogP contribution in [-0.4, -0.2) is 31.3 Å². The van der Waals surface area contributed by atoms with Crippen LogP contribution in [0.5, 0.6) is 0 Å². The lowest BCUT2D eigenvalue weighted by molar-refractivity contribution is -0.00908. The minimum absolute atomic E-state index is 0.307. The van der Waals surface area contributed by atoms with Crippen LogP contribution >= 0.6 is 15.9 Å². The first-order valence-electron chi connectivity index (χ1n) is 6.94. The highest BCUT2D eigenvalue weighted by atomic mass is 79.9. The number of alkyl halides is 1. The molecule has 0 N–H and O–H groups in total. The third-order valence-electron chi connectivity index (χ3n) is 3.53. The number of halogens is 1. The number of hydrogen-bond donors (Lipinski definition) is 0. The molecule has 1 aliphatic rings. The third-order valence-corrected chi connectivity index (χ3v) is 4.72. The molecule has 1 aliphatic carbocycles. The van der Waals surface area contributed by atoms with E-state index in [1.807, 2.05) is 0 Å². The summed E-state index contributed by atoms with van der Waals surface area (Å²) < 4.78 is 11.3. The molecule has 0 unspecified atom stereocenters. The maximum absolute atomic E-state index is 5.82. The second kappa shape index (κ2) is 8.49. The van der Waals surface area contributed by atoms with Crippen molar-refractivity contribution in [3.8, 4) is 0 Å². The third kappa shape index (κ3) is 6.21. The molecule has 0 bridgehead atoms. The zero-order valence-electron chi connectivity index (χ0n) is 11.3. The topological polar surface area (TPSA) is 18.5 Å². The highest BCUT2D eigenvalue weighted by Crippen LogP contribution is 2.36. The largest absolute Gasteiger partial charge is 0.378 e. The van der Waals surface area contributed by atoms with Crippen LogP contribution in [0, 0.1) is 5.41 Å². The average Bonchev–Trinajstić information content (AvgIpc) is 2.54. The summed E-state index contributed by atoms with van der Waals surface area (Å²) in [6.45, 7) is 6.46. The Balaban J connectivity index is 2.20. The second-order valence-electron chi connectivity index (χ2n) is 5.52. The van der Waals surface area contributed by atoms with Gasteiger partial charge in [0.2, 0.25) is 0 Å². The van der Waals surface area contributed by atoms with E-state index in [1.165, 1.54) is 38.5 Å². The van der Waals surface area contributed by atoms with Crippen LogP contribution in [0.25, 0.3) is 0 Å². The number of ether oxygens (including phenoxy) is 2. The van der Waals surface area contributed by atoms with Crippen LogP contribution in [0.4, 0.5) is 0 Å². The number of rotatable bonds is 7. The van der Waals surface area contributed by atoms with Crippen LogP contribution in [0.3, 0.4) is 0 Å². The van der Waals surface area contributed by atoms with Crippen molar-refractivity contribution in [1.82, 2.24) is 0 Å². The summed E-state index contributed by atoms with van der Waals surface area (Å²) in [7, 11) is 0. The van der Waals surface area contributed by atoms with Crippen LogP contribution < -0.4 is 0 Å². The van der Waals surface area contributed by atoms with Gasteiger partial charge in [-0.05, 0) is 26.7 Å². The van der Waals surface area contributed by atoms with E-state index in [0.717, 1.165) is 25.2 Å².